The van der Waals surface area contributed by atoms with E-state index in [-0.39, 0.29) is 18.3 Å². The minimum atomic E-state index is 0. The van der Waals surface area contributed by atoms with Crippen LogP contribution in [0.15, 0.2) is 0 Å². The van der Waals surface area contributed by atoms with Crippen molar-refractivity contribution in [2.24, 2.45) is 5.92 Å². The molecule has 3 atom stereocenters. The van der Waals surface area contributed by atoms with Crippen LogP contribution in [0.2, 0.25) is 0 Å². The van der Waals surface area contributed by atoms with E-state index in [4.69, 9.17) is 4.74 Å². The first kappa shape index (κ1) is 15.7. The summed E-state index contributed by atoms with van der Waals surface area (Å²) in [6, 6.07) is 0.721. The van der Waals surface area contributed by atoms with E-state index in [1.807, 2.05) is 0 Å². The molecule has 0 saturated carbocycles. The molecule has 0 aromatic rings. The first-order valence-corrected chi connectivity index (χ1v) is 6.86. The Morgan fingerprint density at radius 3 is 2.94 bits per heavy atom. The molecule has 2 saturated heterocycles. The number of rotatable bonds is 4. The van der Waals surface area contributed by atoms with Crippen LogP contribution in [0.4, 0.5) is 0 Å². The van der Waals surface area contributed by atoms with Crippen molar-refractivity contribution in [2.45, 2.75) is 51.1 Å². The fourth-order valence-corrected chi connectivity index (χ4v) is 2.67. The van der Waals surface area contributed by atoms with E-state index < -0.39 is 0 Å². The first-order valence-electron chi connectivity index (χ1n) is 6.86. The van der Waals surface area contributed by atoms with E-state index >= 15 is 0 Å². The molecule has 0 spiro atoms. The Labute approximate surface area is 116 Å². The summed E-state index contributed by atoms with van der Waals surface area (Å²) in [6.45, 7) is 4.94. The summed E-state index contributed by atoms with van der Waals surface area (Å²) >= 11 is 0. The van der Waals surface area contributed by atoms with Gasteiger partial charge in [-0.2, -0.15) is 0 Å². The van der Waals surface area contributed by atoms with Crippen LogP contribution in [0, 0.1) is 5.92 Å². The Morgan fingerprint density at radius 2 is 2.28 bits per heavy atom. The van der Waals surface area contributed by atoms with Crippen LogP contribution in [0.5, 0.6) is 0 Å². The van der Waals surface area contributed by atoms with Crippen LogP contribution in [0.25, 0.3) is 0 Å². The Balaban J connectivity index is 0.00000162. The molecule has 0 bridgehead atoms. The highest BCUT2D eigenvalue weighted by Gasteiger charge is 2.23. The molecule has 2 aliphatic heterocycles. The molecule has 106 valence electrons. The second-order valence-corrected chi connectivity index (χ2v) is 5.33. The van der Waals surface area contributed by atoms with Gasteiger partial charge in [-0.3, -0.25) is 4.79 Å². The highest BCUT2D eigenvalue weighted by Crippen LogP contribution is 2.18. The van der Waals surface area contributed by atoms with E-state index in [1.54, 1.807) is 0 Å². The van der Waals surface area contributed by atoms with E-state index in [9.17, 15) is 4.79 Å². The fourth-order valence-electron chi connectivity index (χ4n) is 2.67. The molecule has 2 aliphatic rings. The van der Waals surface area contributed by atoms with E-state index in [2.05, 4.69) is 17.6 Å². The van der Waals surface area contributed by atoms with Gasteiger partial charge >= 0.3 is 0 Å². The molecule has 3 unspecified atom stereocenters. The minimum Gasteiger partial charge on any atom is -0.381 e. The summed E-state index contributed by atoms with van der Waals surface area (Å²) in [5, 5.41) is 6.55. The van der Waals surface area contributed by atoms with Crippen LogP contribution in [-0.4, -0.2) is 37.7 Å². The third kappa shape index (κ3) is 4.75. The normalized spacial score (nSPS) is 31.7. The van der Waals surface area contributed by atoms with E-state index in [0.29, 0.717) is 24.4 Å². The highest BCUT2D eigenvalue weighted by molar-refractivity contribution is 5.85. The van der Waals surface area contributed by atoms with Crippen LogP contribution in [0.3, 0.4) is 0 Å². The number of nitrogens with one attached hydrogen (secondary N) is 2. The zero-order valence-electron chi connectivity index (χ0n) is 11.1. The monoisotopic (exact) mass is 276 g/mol. The molecule has 2 heterocycles. The van der Waals surface area contributed by atoms with Crippen molar-refractivity contribution < 1.29 is 9.53 Å². The molecule has 0 aromatic carbocycles. The number of ether oxygens (including phenoxy) is 1. The van der Waals surface area contributed by atoms with E-state index in [1.165, 1.54) is 0 Å². The maximum Gasteiger partial charge on any atom is 0.220 e. The average Bonchev–Trinajstić information content (AvgIpc) is 2.82. The third-order valence-corrected chi connectivity index (χ3v) is 3.91. The topological polar surface area (TPSA) is 50.4 Å². The lowest BCUT2D eigenvalue weighted by Gasteiger charge is -2.30. The number of amides is 1. The van der Waals surface area contributed by atoms with Gasteiger partial charge in [0, 0.05) is 31.7 Å². The molecule has 0 aliphatic carbocycles. The molecule has 4 nitrogen and oxygen atoms in total. The Kier molecular flexibility index (Phi) is 6.97. The summed E-state index contributed by atoms with van der Waals surface area (Å²) in [7, 11) is 0. The SMILES string of the molecule is CC1NCCCC1NC(=O)CCC1CCOC1.Cl. The lowest BCUT2D eigenvalue weighted by atomic mass is 9.98. The van der Waals surface area contributed by atoms with Gasteiger partial charge in [-0.15, -0.1) is 12.4 Å². The maximum atomic E-state index is 11.8. The summed E-state index contributed by atoms with van der Waals surface area (Å²) in [4.78, 5) is 11.8. The van der Waals surface area contributed by atoms with Crippen molar-refractivity contribution in [1.82, 2.24) is 10.6 Å². The lowest BCUT2D eigenvalue weighted by Crippen LogP contribution is -2.51. The second-order valence-electron chi connectivity index (χ2n) is 5.33. The van der Waals surface area contributed by atoms with Gasteiger partial charge in [-0.25, -0.2) is 0 Å². The standard InChI is InChI=1S/C13H24N2O2.ClH/c1-10-12(3-2-7-14-10)15-13(16)5-4-11-6-8-17-9-11;/h10-12,14H,2-9H2,1H3,(H,15,16);1H. The van der Waals surface area contributed by atoms with Crippen LogP contribution in [-0.2, 0) is 9.53 Å². The fraction of sp³-hybridized carbons (Fsp3) is 0.923. The minimum absolute atomic E-state index is 0. The van der Waals surface area contributed by atoms with E-state index in [0.717, 1.165) is 45.4 Å². The van der Waals surface area contributed by atoms with Gasteiger partial charge in [0.15, 0.2) is 0 Å². The summed E-state index contributed by atoms with van der Waals surface area (Å²) < 4.78 is 5.31. The number of hydrogen-bond acceptors (Lipinski definition) is 3. The number of piperidine rings is 1. The molecule has 0 radical (unpaired) electrons. The average molecular weight is 277 g/mol. The zero-order valence-corrected chi connectivity index (χ0v) is 11.9. The zero-order chi connectivity index (χ0) is 12.1. The number of carbonyl (C=O) groups excluding carboxylic acids is 1. The van der Waals surface area contributed by atoms with Crippen molar-refractivity contribution in [3.05, 3.63) is 0 Å². The van der Waals surface area contributed by atoms with Crippen molar-refractivity contribution in [3.8, 4) is 0 Å². The molecular weight excluding hydrogens is 252 g/mol. The first-order chi connectivity index (χ1) is 8.25. The van der Waals surface area contributed by atoms with Crippen molar-refractivity contribution in [2.75, 3.05) is 19.8 Å². The lowest BCUT2D eigenvalue weighted by molar-refractivity contribution is -0.122. The largest absolute Gasteiger partial charge is 0.381 e. The van der Waals surface area contributed by atoms with Gasteiger partial charge in [-0.1, -0.05) is 0 Å². The number of carbonyl (C=O) groups is 1. The van der Waals surface area contributed by atoms with Gasteiger partial charge in [-0.05, 0) is 45.1 Å². The van der Waals surface area contributed by atoms with Gasteiger partial charge in [0.1, 0.15) is 0 Å². The van der Waals surface area contributed by atoms with Crippen molar-refractivity contribution >= 4 is 18.3 Å². The predicted octanol–water partition coefficient (Wildman–Crippen LogP) is 1.48. The van der Waals surface area contributed by atoms with Crippen molar-refractivity contribution in [1.29, 1.82) is 0 Å². The third-order valence-electron chi connectivity index (χ3n) is 3.91. The molecule has 0 aromatic heterocycles. The van der Waals surface area contributed by atoms with Gasteiger partial charge in [0.25, 0.3) is 0 Å². The Morgan fingerprint density at radius 1 is 1.44 bits per heavy atom. The number of halogens is 1. The quantitative estimate of drug-likeness (QED) is 0.818. The Bertz CT molecular complexity index is 257. The van der Waals surface area contributed by atoms with Gasteiger partial charge in [0.05, 0.1) is 0 Å². The smallest absolute Gasteiger partial charge is 0.220 e. The predicted molar refractivity (Wildman–Crippen MR) is 74.0 cm³/mol. The maximum absolute atomic E-state index is 11.8. The van der Waals surface area contributed by atoms with Gasteiger partial charge < -0.3 is 15.4 Å². The second kappa shape index (κ2) is 7.97. The molecule has 18 heavy (non-hydrogen) atoms. The summed E-state index contributed by atoms with van der Waals surface area (Å²) in [5.74, 6) is 0.806. The number of hydrogen-bond donors (Lipinski definition) is 2. The van der Waals surface area contributed by atoms with Crippen LogP contribution in [0.1, 0.15) is 39.0 Å². The molecule has 2 fully saturated rings. The summed E-state index contributed by atoms with van der Waals surface area (Å²) in [6.07, 6.45) is 5.00. The Hall–Kier alpha value is -0.320. The molecule has 2 rings (SSSR count). The molecule has 5 heteroatoms. The molecule has 1 amide bonds. The van der Waals surface area contributed by atoms with Crippen LogP contribution < -0.4 is 10.6 Å². The molecular formula is C13H25ClN2O2. The van der Waals surface area contributed by atoms with Gasteiger partial charge in [0.2, 0.25) is 5.91 Å². The summed E-state index contributed by atoms with van der Waals surface area (Å²) in [5.41, 5.74) is 0. The van der Waals surface area contributed by atoms with Crippen molar-refractivity contribution in [3.63, 3.8) is 0 Å². The molecule has 2 N–H and O–H groups in total. The highest BCUT2D eigenvalue weighted by atomic mass is 35.5. The van der Waals surface area contributed by atoms with Crippen LogP contribution >= 0.6 is 12.4 Å².